The second-order valence-electron chi connectivity index (χ2n) is 6.58. The number of benzene rings is 1. The molecule has 0 aliphatic rings. The van der Waals surface area contributed by atoms with E-state index in [2.05, 4.69) is 32.5 Å². The van der Waals surface area contributed by atoms with Gasteiger partial charge in [0.2, 0.25) is 0 Å². The Hall–Kier alpha value is -2.97. The summed E-state index contributed by atoms with van der Waals surface area (Å²) in [5, 5.41) is 7.14. The summed E-state index contributed by atoms with van der Waals surface area (Å²) >= 11 is 0. The van der Waals surface area contributed by atoms with Crippen molar-refractivity contribution in [3.05, 3.63) is 53.6 Å². The minimum absolute atomic E-state index is 0.140. The number of anilines is 1. The molecule has 2 aromatic heterocycles. The Balaban J connectivity index is 1.51. The number of nitrogens with one attached hydrogen (secondary N) is 3. The number of carbonyl (C=O) groups excluding carboxylic acids is 1. The van der Waals surface area contributed by atoms with Crippen LogP contribution in [0.1, 0.15) is 28.5 Å². The van der Waals surface area contributed by atoms with Gasteiger partial charge in [0.15, 0.2) is 0 Å². The van der Waals surface area contributed by atoms with Gasteiger partial charge in [-0.15, -0.1) is 0 Å². The average molecular weight is 397 g/mol. The van der Waals surface area contributed by atoms with Gasteiger partial charge in [0.05, 0.1) is 19.8 Å². The number of fused-ring (bicyclic) bond motifs is 1. The van der Waals surface area contributed by atoms with Gasteiger partial charge in [0, 0.05) is 42.9 Å². The van der Waals surface area contributed by atoms with Crippen molar-refractivity contribution in [2.75, 3.05) is 38.7 Å². The Morgan fingerprint density at radius 1 is 1.21 bits per heavy atom. The molecule has 1 amide bonds. The maximum atomic E-state index is 12.4. The Morgan fingerprint density at radius 3 is 2.93 bits per heavy atom. The maximum absolute atomic E-state index is 12.4. The fraction of sp³-hybridized carbons (Fsp3) is 0.381. The van der Waals surface area contributed by atoms with Crippen LogP contribution >= 0.6 is 0 Å². The van der Waals surface area contributed by atoms with Crippen LogP contribution in [0.3, 0.4) is 0 Å². The standard InChI is InChI=1S/C21H27N5O3/c1-3-16-12-22-14-25-20(16)23-6-7-24-21(27)19-11-17-5-4-15(10-18(17)26-19)13-29-9-8-28-2/h4-5,10-12,14,26H,3,6-9,13H2,1-2H3,(H,24,27)(H,22,23,25). The summed E-state index contributed by atoms with van der Waals surface area (Å²) in [4.78, 5) is 23.9. The molecule has 0 saturated carbocycles. The number of ether oxygens (including phenoxy) is 2. The summed E-state index contributed by atoms with van der Waals surface area (Å²) in [5.74, 6) is 0.668. The molecule has 2 heterocycles. The molecule has 0 radical (unpaired) electrons. The van der Waals surface area contributed by atoms with E-state index in [4.69, 9.17) is 9.47 Å². The zero-order valence-electron chi connectivity index (χ0n) is 16.8. The van der Waals surface area contributed by atoms with E-state index in [1.807, 2.05) is 24.3 Å². The molecule has 0 unspecified atom stereocenters. The van der Waals surface area contributed by atoms with Crippen LogP contribution in [0.5, 0.6) is 0 Å². The number of aromatic nitrogens is 3. The SMILES string of the molecule is CCc1cncnc1NCCNC(=O)c1cc2ccc(COCCOC)cc2[nH]1. The van der Waals surface area contributed by atoms with Crippen LogP contribution in [0, 0.1) is 0 Å². The lowest BCUT2D eigenvalue weighted by molar-refractivity contribution is 0.0617. The van der Waals surface area contributed by atoms with Crippen molar-refractivity contribution in [2.45, 2.75) is 20.0 Å². The molecule has 154 valence electrons. The first kappa shape index (κ1) is 20.8. The number of hydrogen-bond donors (Lipinski definition) is 3. The quantitative estimate of drug-likeness (QED) is 0.430. The molecule has 3 rings (SSSR count). The predicted octanol–water partition coefficient (Wildman–Crippen LogP) is 2.53. The van der Waals surface area contributed by atoms with Crippen LogP contribution in [0.25, 0.3) is 10.9 Å². The number of amides is 1. The Bertz CT molecular complexity index is 941. The Labute approximate surface area is 170 Å². The van der Waals surface area contributed by atoms with E-state index >= 15 is 0 Å². The molecule has 0 bridgehead atoms. The van der Waals surface area contributed by atoms with Crippen LogP contribution in [-0.4, -0.2) is 54.3 Å². The minimum atomic E-state index is -0.140. The summed E-state index contributed by atoms with van der Waals surface area (Å²) in [6.45, 7) is 4.75. The second-order valence-corrected chi connectivity index (χ2v) is 6.58. The molecule has 8 nitrogen and oxygen atoms in total. The molecule has 1 aromatic carbocycles. The highest BCUT2D eigenvalue weighted by Crippen LogP contribution is 2.18. The van der Waals surface area contributed by atoms with E-state index in [1.54, 1.807) is 13.3 Å². The molecule has 8 heteroatoms. The molecule has 0 aliphatic carbocycles. The molecule has 0 spiro atoms. The van der Waals surface area contributed by atoms with Crippen LogP contribution < -0.4 is 10.6 Å². The minimum Gasteiger partial charge on any atom is -0.382 e. The van der Waals surface area contributed by atoms with E-state index in [-0.39, 0.29) is 5.91 Å². The van der Waals surface area contributed by atoms with E-state index in [9.17, 15) is 4.79 Å². The Kier molecular flexibility index (Phi) is 7.54. The van der Waals surface area contributed by atoms with Crippen molar-refractivity contribution in [1.29, 1.82) is 0 Å². The predicted molar refractivity (Wildman–Crippen MR) is 112 cm³/mol. The van der Waals surface area contributed by atoms with E-state index in [0.717, 1.165) is 34.3 Å². The average Bonchev–Trinajstić information content (AvgIpc) is 3.18. The molecular weight excluding hydrogens is 370 g/mol. The number of methoxy groups -OCH3 is 1. The first-order valence-electron chi connectivity index (χ1n) is 9.70. The highest BCUT2D eigenvalue weighted by molar-refractivity contribution is 5.98. The number of aromatic amines is 1. The molecule has 0 saturated heterocycles. The highest BCUT2D eigenvalue weighted by atomic mass is 16.5. The smallest absolute Gasteiger partial charge is 0.267 e. The second kappa shape index (κ2) is 10.5. The normalized spacial score (nSPS) is 11.0. The zero-order valence-corrected chi connectivity index (χ0v) is 16.8. The van der Waals surface area contributed by atoms with Crippen LogP contribution in [0.2, 0.25) is 0 Å². The number of carbonyl (C=O) groups is 1. The van der Waals surface area contributed by atoms with E-state index in [1.165, 1.54) is 6.33 Å². The monoisotopic (exact) mass is 397 g/mol. The molecule has 29 heavy (non-hydrogen) atoms. The number of nitrogens with zero attached hydrogens (tertiary/aromatic N) is 2. The van der Waals surface area contributed by atoms with Crippen molar-refractivity contribution in [2.24, 2.45) is 0 Å². The van der Waals surface area contributed by atoms with Crippen molar-refractivity contribution in [1.82, 2.24) is 20.3 Å². The van der Waals surface area contributed by atoms with E-state index < -0.39 is 0 Å². The lowest BCUT2D eigenvalue weighted by atomic mass is 10.2. The van der Waals surface area contributed by atoms with Gasteiger partial charge in [-0.05, 0) is 24.1 Å². The van der Waals surface area contributed by atoms with Crippen LogP contribution in [-0.2, 0) is 22.5 Å². The van der Waals surface area contributed by atoms with Crippen molar-refractivity contribution < 1.29 is 14.3 Å². The highest BCUT2D eigenvalue weighted by Gasteiger charge is 2.10. The summed E-state index contributed by atoms with van der Waals surface area (Å²) < 4.78 is 10.5. The fourth-order valence-electron chi connectivity index (χ4n) is 2.95. The number of aryl methyl sites for hydroxylation is 1. The lowest BCUT2D eigenvalue weighted by Crippen LogP contribution is -2.29. The third-order valence-electron chi connectivity index (χ3n) is 4.50. The first-order chi connectivity index (χ1) is 14.2. The van der Waals surface area contributed by atoms with Crippen LogP contribution in [0.15, 0.2) is 36.8 Å². The van der Waals surface area contributed by atoms with Crippen molar-refractivity contribution >= 4 is 22.6 Å². The van der Waals surface area contributed by atoms with Crippen molar-refractivity contribution in [3.63, 3.8) is 0 Å². The molecule has 0 fully saturated rings. The topological polar surface area (TPSA) is 101 Å². The van der Waals surface area contributed by atoms with Gasteiger partial charge in [-0.1, -0.05) is 19.1 Å². The summed E-state index contributed by atoms with van der Waals surface area (Å²) in [6, 6.07) is 7.84. The molecular formula is C21H27N5O3. The van der Waals surface area contributed by atoms with Gasteiger partial charge >= 0.3 is 0 Å². The summed E-state index contributed by atoms with van der Waals surface area (Å²) in [6.07, 6.45) is 4.17. The third kappa shape index (κ3) is 5.75. The van der Waals surface area contributed by atoms with Crippen LogP contribution in [0.4, 0.5) is 5.82 Å². The van der Waals surface area contributed by atoms with Gasteiger partial charge in [-0.25, -0.2) is 9.97 Å². The maximum Gasteiger partial charge on any atom is 0.267 e. The van der Waals surface area contributed by atoms with Gasteiger partial charge in [-0.2, -0.15) is 0 Å². The molecule has 3 aromatic rings. The van der Waals surface area contributed by atoms with E-state index in [0.29, 0.717) is 38.6 Å². The number of rotatable bonds is 11. The number of H-pyrrole nitrogens is 1. The molecule has 3 N–H and O–H groups in total. The fourth-order valence-corrected chi connectivity index (χ4v) is 2.95. The summed E-state index contributed by atoms with van der Waals surface area (Å²) in [7, 11) is 1.65. The summed E-state index contributed by atoms with van der Waals surface area (Å²) in [5.41, 5.74) is 3.54. The molecule has 0 aliphatic heterocycles. The Morgan fingerprint density at radius 2 is 2.10 bits per heavy atom. The first-order valence-corrected chi connectivity index (χ1v) is 9.70. The molecule has 0 atom stereocenters. The van der Waals surface area contributed by atoms with Gasteiger partial charge < -0.3 is 25.1 Å². The van der Waals surface area contributed by atoms with Gasteiger partial charge in [0.1, 0.15) is 17.8 Å². The van der Waals surface area contributed by atoms with Gasteiger partial charge in [-0.3, -0.25) is 4.79 Å². The van der Waals surface area contributed by atoms with Gasteiger partial charge in [0.25, 0.3) is 5.91 Å². The number of hydrogen-bond acceptors (Lipinski definition) is 6. The largest absolute Gasteiger partial charge is 0.382 e. The lowest BCUT2D eigenvalue weighted by Gasteiger charge is -2.09. The third-order valence-corrected chi connectivity index (χ3v) is 4.50. The van der Waals surface area contributed by atoms with Crippen molar-refractivity contribution in [3.8, 4) is 0 Å². The zero-order chi connectivity index (χ0) is 20.5.